The van der Waals surface area contributed by atoms with Crippen LogP contribution in [0, 0.1) is 13.7 Å². The number of nitro benzene ring substituents is 1. The van der Waals surface area contributed by atoms with E-state index < -0.39 is 4.92 Å². The molecule has 0 aromatic heterocycles. The molecule has 1 fully saturated rings. The van der Waals surface area contributed by atoms with Crippen LogP contribution in [0.15, 0.2) is 53.4 Å². The summed E-state index contributed by atoms with van der Waals surface area (Å²) in [6.45, 7) is 0. The highest BCUT2D eigenvalue weighted by molar-refractivity contribution is 14.1. The lowest BCUT2D eigenvalue weighted by molar-refractivity contribution is -0.384. The maximum absolute atomic E-state index is 12.6. The highest BCUT2D eigenvalue weighted by Gasteiger charge is 2.33. The third kappa shape index (κ3) is 3.50. The molecule has 1 aliphatic heterocycles. The molecule has 120 valence electrons. The summed E-state index contributed by atoms with van der Waals surface area (Å²) in [5.74, 6) is -0.225. The Morgan fingerprint density at radius 2 is 1.75 bits per heavy atom. The van der Waals surface area contributed by atoms with E-state index in [9.17, 15) is 14.9 Å². The molecule has 0 atom stereocenters. The number of thioether (sulfide) groups is 1. The molecule has 0 radical (unpaired) electrons. The lowest BCUT2D eigenvalue weighted by Gasteiger charge is -2.13. The second-order valence-corrected chi connectivity index (χ2v) is 7.76. The Labute approximate surface area is 161 Å². The minimum absolute atomic E-state index is 0.0291. The smallest absolute Gasteiger partial charge is 0.268 e. The van der Waals surface area contributed by atoms with E-state index in [2.05, 4.69) is 22.6 Å². The summed E-state index contributed by atoms with van der Waals surface area (Å²) in [4.78, 5) is 24.8. The van der Waals surface area contributed by atoms with Crippen LogP contribution in [0.4, 0.5) is 11.4 Å². The van der Waals surface area contributed by atoms with Gasteiger partial charge >= 0.3 is 0 Å². The van der Waals surface area contributed by atoms with Crippen molar-refractivity contribution in [1.29, 1.82) is 0 Å². The predicted molar refractivity (Wildman–Crippen MR) is 108 cm³/mol. The van der Waals surface area contributed by atoms with Crippen molar-refractivity contribution in [2.24, 2.45) is 0 Å². The first-order valence-electron chi connectivity index (χ1n) is 6.74. The molecule has 2 aromatic rings. The standard InChI is InChI=1S/C16H9IN2O3S2/c17-11-3-1-10(2-4-11)9-14-15(20)18(16(23)24-14)12-5-7-13(8-6-12)19(21)22/h1-9H. The van der Waals surface area contributed by atoms with Gasteiger partial charge in [0.05, 0.1) is 15.5 Å². The molecule has 1 heterocycles. The van der Waals surface area contributed by atoms with Gasteiger partial charge in [0.1, 0.15) is 0 Å². The number of halogens is 1. The number of hydrogen-bond acceptors (Lipinski definition) is 5. The maximum atomic E-state index is 12.6. The van der Waals surface area contributed by atoms with Gasteiger partial charge in [-0.25, -0.2) is 0 Å². The van der Waals surface area contributed by atoms with E-state index in [0.717, 1.165) is 9.13 Å². The van der Waals surface area contributed by atoms with Crippen molar-refractivity contribution in [2.75, 3.05) is 4.90 Å². The summed E-state index contributed by atoms with van der Waals surface area (Å²) in [6.07, 6.45) is 1.79. The minimum Gasteiger partial charge on any atom is -0.268 e. The maximum Gasteiger partial charge on any atom is 0.270 e. The van der Waals surface area contributed by atoms with Crippen molar-refractivity contribution in [3.8, 4) is 0 Å². The number of carbonyl (C=O) groups excluding carboxylic acids is 1. The zero-order valence-corrected chi connectivity index (χ0v) is 15.8. The summed E-state index contributed by atoms with van der Waals surface area (Å²) in [7, 11) is 0. The predicted octanol–water partition coefficient (Wildman–Crippen LogP) is 4.61. The second-order valence-electron chi connectivity index (χ2n) is 4.84. The molecule has 1 aliphatic rings. The van der Waals surface area contributed by atoms with Crippen molar-refractivity contribution >= 4 is 74.2 Å². The second kappa shape index (κ2) is 6.99. The summed E-state index contributed by atoms with van der Waals surface area (Å²) in [5, 5.41) is 10.7. The van der Waals surface area contributed by atoms with Crippen LogP contribution in [0.5, 0.6) is 0 Å². The number of amides is 1. The average molecular weight is 468 g/mol. The quantitative estimate of drug-likeness (QED) is 0.217. The van der Waals surface area contributed by atoms with Crippen LogP contribution in [0.3, 0.4) is 0 Å². The van der Waals surface area contributed by atoms with Crippen LogP contribution < -0.4 is 4.90 Å². The fourth-order valence-corrected chi connectivity index (χ4v) is 3.78. The van der Waals surface area contributed by atoms with Gasteiger partial charge in [0.2, 0.25) is 0 Å². The number of non-ortho nitro benzene ring substituents is 1. The van der Waals surface area contributed by atoms with Gasteiger partial charge < -0.3 is 0 Å². The first-order chi connectivity index (χ1) is 11.5. The molecule has 5 nitrogen and oxygen atoms in total. The number of rotatable bonds is 3. The van der Waals surface area contributed by atoms with Crippen molar-refractivity contribution in [3.63, 3.8) is 0 Å². The van der Waals surface area contributed by atoms with E-state index in [1.165, 1.54) is 40.9 Å². The van der Waals surface area contributed by atoms with Crippen LogP contribution in [-0.4, -0.2) is 15.2 Å². The van der Waals surface area contributed by atoms with Gasteiger partial charge in [-0.2, -0.15) is 0 Å². The van der Waals surface area contributed by atoms with Gasteiger partial charge in [-0.1, -0.05) is 36.1 Å². The van der Waals surface area contributed by atoms with Gasteiger partial charge in [0.15, 0.2) is 4.32 Å². The summed E-state index contributed by atoms with van der Waals surface area (Å²) in [5.41, 5.74) is 1.41. The van der Waals surface area contributed by atoms with E-state index in [4.69, 9.17) is 12.2 Å². The first kappa shape index (κ1) is 17.1. The van der Waals surface area contributed by atoms with Crippen LogP contribution >= 0.6 is 46.6 Å². The Bertz CT molecular complexity index is 864. The number of anilines is 1. The Kier molecular flexibility index (Phi) is 4.97. The number of hydrogen-bond donors (Lipinski definition) is 0. The van der Waals surface area contributed by atoms with E-state index in [-0.39, 0.29) is 11.6 Å². The molecular weight excluding hydrogens is 459 g/mol. The monoisotopic (exact) mass is 468 g/mol. The Morgan fingerprint density at radius 3 is 2.33 bits per heavy atom. The number of nitrogens with zero attached hydrogens (tertiary/aromatic N) is 2. The normalized spacial score (nSPS) is 16.0. The topological polar surface area (TPSA) is 63.5 Å². The first-order valence-corrected chi connectivity index (χ1v) is 9.04. The Hall–Kier alpha value is -1.78. The number of carbonyl (C=O) groups is 1. The number of benzene rings is 2. The Morgan fingerprint density at radius 1 is 1.12 bits per heavy atom. The van der Waals surface area contributed by atoms with Crippen molar-refractivity contribution < 1.29 is 9.72 Å². The molecule has 24 heavy (non-hydrogen) atoms. The molecule has 3 rings (SSSR count). The third-order valence-electron chi connectivity index (χ3n) is 3.28. The molecule has 0 saturated carbocycles. The molecule has 1 amide bonds. The van der Waals surface area contributed by atoms with E-state index >= 15 is 0 Å². The summed E-state index contributed by atoms with van der Waals surface area (Å²) >= 11 is 8.73. The number of nitro groups is 1. The van der Waals surface area contributed by atoms with Crippen molar-refractivity contribution in [1.82, 2.24) is 0 Å². The van der Waals surface area contributed by atoms with Crippen molar-refractivity contribution in [3.05, 3.63) is 72.7 Å². The van der Waals surface area contributed by atoms with Crippen LogP contribution in [0.1, 0.15) is 5.56 Å². The SMILES string of the molecule is O=C1C(=Cc2ccc(I)cc2)SC(=S)N1c1ccc([N+](=O)[O-])cc1. The molecule has 0 N–H and O–H groups in total. The lowest BCUT2D eigenvalue weighted by Crippen LogP contribution is -2.27. The molecule has 0 bridgehead atoms. The molecule has 0 spiro atoms. The van der Waals surface area contributed by atoms with Gasteiger partial charge in [0, 0.05) is 15.7 Å². The zero-order valence-electron chi connectivity index (χ0n) is 12.0. The van der Waals surface area contributed by atoms with Crippen LogP contribution in [0.2, 0.25) is 0 Å². The number of thiocarbonyl (C=S) groups is 1. The van der Waals surface area contributed by atoms with Gasteiger partial charge in [-0.3, -0.25) is 19.8 Å². The van der Waals surface area contributed by atoms with E-state index in [1.807, 2.05) is 24.3 Å². The third-order valence-corrected chi connectivity index (χ3v) is 5.30. The molecule has 0 unspecified atom stereocenters. The summed E-state index contributed by atoms with van der Waals surface area (Å²) < 4.78 is 1.52. The highest BCUT2D eigenvalue weighted by Crippen LogP contribution is 2.36. The van der Waals surface area contributed by atoms with Gasteiger partial charge in [-0.05, 0) is 58.5 Å². The summed E-state index contributed by atoms with van der Waals surface area (Å²) in [6, 6.07) is 13.5. The average Bonchev–Trinajstić information content (AvgIpc) is 2.83. The minimum atomic E-state index is -0.481. The molecule has 2 aromatic carbocycles. The molecule has 8 heteroatoms. The zero-order chi connectivity index (χ0) is 17.3. The van der Waals surface area contributed by atoms with Crippen LogP contribution in [0.25, 0.3) is 6.08 Å². The van der Waals surface area contributed by atoms with Crippen LogP contribution in [-0.2, 0) is 4.79 Å². The highest BCUT2D eigenvalue weighted by atomic mass is 127. The lowest BCUT2D eigenvalue weighted by atomic mass is 10.2. The van der Waals surface area contributed by atoms with Gasteiger partial charge in [-0.15, -0.1) is 0 Å². The van der Waals surface area contributed by atoms with E-state index in [1.54, 1.807) is 6.08 Å². The van der Waals surface area contributed by atoms with Crippen molar-refractivity contribution in [2.45, 2.75) is 0 Å². The Balaban J connectivity index is 1.88. The molecular formula is C16H9IN2O3S2. The van der Waals surface area contributed by atoms with E-state index in [0.29, 0.717) is 14.9 Å². The fourth-order valence-electron chi connectivity index (χ4n) is 2.12. The largest absolute Gasteiger partial charge is 0.270 e. The molecule has 0 aliphatic carbocycles. The fraction of sp³-hybridized carbons (Fsp3) is 0. The molecule has 1 saturated heterocycles. The van der Waals surface area contributed by atoms with Gasteiger partial charge in [0.25, 0.3) is 11.6 Å².